The van der Waals surface area contributed by atoms with Gasteiger partial charge < -0.3 is 15.8 Å². The summed E-state index contributed by atoms with van der Waals surface area (Å²) in [5, 5.41) is 3.05. The zero-order chi connectivity index (χ0) is 17.7. The van der Waals surface area contributed by atoms with Gasteiger partial charge in [0.25, 0.3) is 0 Å². The molecule has 4 aliphatic carbocycles. The third-order valence-corrected chi connectivity index (χ3v) is 8.17. The number of amides is 2. The summed E-state index contributed by atoms with van der Waals surface area (Å²) in [5.74, 6) is 1.33. The first-order valence-electron chi connectivity index (χ1n) is 9.66. The Morgan fingerprint density at radius 2 is 1.76 bits per heavy atom. The van der Waals surface area contributed by atoms with Crippen LogP contribution in [0.3, 0.4) is 0 Å². The average molecular weight is 413 g/mol. The second-order valence-corrected chi connectivity index (χ2v) is 11.0. The lowest BCUT2D eigenvalue weighted by Gasteiger charge is -2.60. The minimum Gasteiger partial charge on any atom is -0.381 e. The molecule has 2 unspecified atom stereocenters. The van der Waals surface area contributed by atoms with E-state index < -0.39 is 5.41 Å². The quantitative estimate of drug-likeness (QED) is 0.680. The molecule has 5 rings (SSSR count). The summed E-state index contributed by atoms with van der Waals surface area (Å²) in [5.41, 5.74) is 5.17. The van der Waals surface area contributed by atoms with Gasteiger partial charge in [0.2, 0.25) is 11.8 Å². The van der Waals surface area contributed by atoms with Crippen molar-refractivity contribution < 1.29 is 14.3 Å². The fourth-order valence-electron chi connectivity index (χ4n) is 6.49. The Hall–Kier alpha value is -0.620. The number of alkyl halides is 1. The largest absolute Gasteiger partial charge is 0.381 e. The van der Waals surface area contributed by atoms with Gasteiger partial charge in [0.1, 0.15) is 0 Å². The molecule has 0 aromatic carbocycles. The molecule has 6 heteroatoms. The third kappa shape index (κ3) is 3.36. The van der Waals surface area contributed by atoms with Crippen molar-refractivity contribution in [2.75, 3.05) is 19.8 Å². The van der Waals surface area contributed by atoms with E-state index in [1.54, 1.807) is 0 Å². The van der Waals surface area contributed by atoms with Crippen molar-refractivity contribution in [2.45, 2.75) is 62.1 Å². The van der Waals surface area contributed by atoms with Crippen LogP contribution in [0.4, 0.5) is 0 Å². The smallest absolute Gasteiger partial charge is 0.225 e. The number of hydrogen-bond acceptors (Lipinski definition) is 3. The number of primary amides is 1. The van der Waals surface area contributed by atoms with Crippen LogP contribution in [-0.2, 0) is 14.3 Å². The number of carbonyl (C=O) groups excluding carboxylic acids is 2. The molecule has 1 heterocycles. The fraction of sp³-hybridized carbons (Fsp3) is 0.895. The Labute approximate surface area is 157 Å². The number of nitrogens with one attached hydrogen (secondary N) is 1. The Kier molecular flexibility index (Phi) is 4.42. The summed E-state index contributed by atoms with van der Waals surface area (Å²) in [6.07, 6.45) is 9.20. The van der Waals surface area contributed by atoms with Crippen molar-refractivity contribution in [3.63, 3.8) is 0 Å². The first-order chi connectivity index (χ1) is 11.8. The molecule has 4 bridgehead atoms. The average Bonchev–Trinajstić information content (AvgIpc) is 2.51. The maximum absolute atomic E-state index is 12.7. The number of hydrogen-bond donors (Lipinski definition) is 2. The lowest BCUT2D eigenvalue weighted by Crippen LogP contribution is -2.55. The predicted molar refractivity (Wildman–Crippen MR) is 98.1 cm³/mol. The minimum absolute atomic E-state index is 0.0881. The van der Waals surface area contributed by atoms with Gasteiger partial charge in [0, 0.05) is 30.5 Å². The number of nitrogens with two attached hydrogens (primary N) is 1. The maximum Gasteiger partial charge on any atom is 0.225 e. The van der Waals surface area contributed by atoms with Crippen molar-refractivity contribution >= 4 is 27.7 Å². The molecule has 5 fully saturated rings. The number of rotatable bonds is 5. The summed E-state index contributed by atoms with van der Waals surface area (Å²) in [4.78, 5) is 24.7. The van der Waals surface area contributed by atoms with E-state index >= 15 is 0 Å². The van der Waals surface area contributed by atoms with Gasteiger partial charge in [0.05, 0.1) is 5.41 Å². The second-order valence-electron chi connectivity index (χ2n) is 9.32. The lowest BCUT2D eigenvalue weighted by atomic mass is 9.48. The molecule has 2 atom stereocenters. The number of halogens is 1. The Morgan fingerprint density at radius 1 is 1.12 bits per heavy atom. The van der Waals surface area contributed by atoms with E-state index in [-0.39, 0.29) is 21.6 Å². The van der Waals surface area contributed by atoms with Crippen LogP contribution >= 0.6 is 15.9 Å². The van der Waals surface area contributed by atoms with E-state index in [2.05, 4.69) is 21.2 Å². The van der Waals surface area contributed by atoms with Gasteiger partial charge in [-0.3, -0.25) is 9.59 Å². The van der Waals surface area contributed by atoms with Gasteiger partial charge in [-0.15, -0.1) is 0 Å². The van der Waals surface area contributed by atoms with Crippen LogP contribution < -0.4 is 11.1 Å². The zero-order valence-electron chi connectivity index (χ0n) is 14.8. The summed E-state index contributed by atoms with van der Waals surface area (Å²) in [6, 6.07) is 0. The van der Waals surface area contributed by atoms with E-state index in [1.807, 2.05) is 0 Å². The Morgan fingerprint density at radius 3 is 2.32 bits per heavy atom. The highest BCUT2D eigenvalue weighted by Crippen LogP contribution is 2.65. The zero-order valence-corrected chi connectivity index (χ0v) is 16.4. The monoisotopic (exact) mass is 412 g/mol. The summed E-state index contributed by atoms with van der Waals surface area (Å²) < 4.78 is 5.63. The van der Waals surface area contributed by atoms with Crippen LogP contribution in [0.2, 0.25) is 0 Å². The topological polar surface area (TPSA) is 81.4 Å². The summed E-state index contributed by atoms with van der Waals surface area (Å²) in [7, 11) is 0. The highest BCUT2D eigenvalue weighted by molar-refractivity contribution is 9.10. The molecule has 2 amide bonds. The fourth-order valence-corrected chi connectivity index (χ4v) is 8.00. The van der Waals surface area contributed by atoms with Gasteiger partial charge in [-0.05, 0) is 68.6 Å². The normalized spacial score (nSPS) is 41.5. The van der Waals surface area contributed by atoms with Gasteiger partial charge in [-0.2, -0.15) is 0 Å². The molecule has 0 radical (unpaired) electrons. The van der Waals surface area contributed by atoms with Gasteiger partial charge >= 0.3 is 0 Å². The molecule has 1 saturated heterocycles. The Bertz CT molecular complexity index is 559. The van der Waals surface area contributed by atoms with Crippen molar-refractivity contribution in [1.82, 2.24) is 5.32 Å². The lowest BCUT2D eigenvalue weighted by molar-refractivity contribution is -0.135. The van der Waals surface area contributed by atoms with Gasteiger partial charge in [-0.25, -0.2) is 0 Å². The summed E-state index contributed by atoms with van der Waals surface area (Å²) >= 11 is 4.00. The molecule has 5 aliphatic rings. The van der Waals surface area contributed by atoms with Crippen LogP contribution in [0.15, 0.2) is 0 Å². The summed E-state index contributed by atoms with van der Waals surface area (Å²) in [6.45, 7) is 1.43. The molecule has 1 aliphatic heterocycles. The third-order valence-electron chi connectivity index (χ3n) is 7.24. The van der Waals surface area contributed by atoms with Crippen LogP contribution in [0, 0.1) is 22.7 Å². The first-order valence-corrected chi connectivity index (χ1v) is 10.4. The van der Waals surface area contributed by atoms with Crippen LogP contribution in [0.1, 0.15) is 57.8 Å². The van der Waals surface area contributed by atoms with E-state index in [1.165, 1.54) is 32.1 Å². The SMILES string of the molecule is NC(=O)C1(CNC(=O)CC23CC4CC(CC(Br)(C4)C2)C3)CCOCC1. The van der Waals surface area contributed by atoms with Crippen LogP contribution in [0.5, 0.6) is 0 Å². The molecule has 25 heavy (non-hydrogen) atoms. The maximum atomic E-state index is 12.7. The predicted octanol–water partition coefficient (Wildman–Crippen LogP) is 2.51. The van der Waals surface area contributed by atoms with Crippen molar-refractivity contribution in [2.24, 2.45) is 28.4 Å². The van der Waals surface area contributed by atoms with Gasteiger partial charge in [-0.1, -0.05) is 15.9 Å². The van der Waals surface area contributed by atoms with Crippen LogP contribution in [-0.4, -0.2) is 35.9 Å². The molecular weight excluding hydrogens is 384 g/mol. The Balaban J connectivity index is 1.38. The van der Waals surface area contributed by atoms with E-state index in [0.29, 0.717) is 39.0 Å². The molecule has 0 aromatic heterocycles. The van der Waals surface area contributed by atoms with Crippen molar-refractivity contribution in [3.8, 4) is 0 Å². The standard InChI is InChI=1S/C19H29BrN2O3/c20-19-8-13-5-14(9-19)7-17(6-13,11-19)10-15(23)22-12-18(16(21)24)1-3-25-4-2-18/h13-14H,1-12H2,(H2,21,24)(H,22,23). The highest BCUT2D eigenvalue weighted by Gasteiger charge is 2.57. The highest BCUT2D eigenvalue weighted by atomic mass is 79.9. The molecular formula is C19H29BrN2O3. The number of ether oxygens (including phenoxy) is 1. The molecule has 0 spiro atoms. The van der Waals surface area contributed by atoms with Crippen molar-refractivity contribution in [1.29, 1.82) is 0 Å². The van der Waals surface area contributed by atoms with E-state index in [9.17, 15) is 9.59 Å². The van der Waals surface area contributed by atoms with E-state index in [4.69, 9.17) is 10.5 Å². The first kappa shape index (κ1) is 17.8. The molecule has 0 aromatic rings. The molecule has 140 valence electrons. The van der Waals surface area contributed by atoms with Crippen LogP contribution in [0.25, 0.3) is 0 Å². The molecule has 4 saturated carbocycles. The number of carbonyl (C=O) groups is 2. The minimum atomic E-state index is -0.633. The van der Waals surface area contributed by atoms with Gasteiger partial charge in [0.15, 0.2) is 0 Å². The van der Waals surface area contributed by atoms with Crippen molar-refractivity contribution in [3.05, 3.63) is 0 Å². The van der Waals surface area contributed by atoms with E-state index in [0.717, 1.165) is 18.3 Å². The molecule has 5 nitrogen and oxygen atoms in total. The molecule has 3 N–H and O–H groups in total. The second kappa shape index (κ2) is 6.22.